The van der Waals surface area contributed by atoms with Crippen molar-refractivity contribution in [2.75, 3.05) is 13.1 Å². The number of carbonyl (C=O) groups is 1. The van der Waals surface area contributed by atoms with E-state index in [1.165, 1.54) is 18.2 Å². The van der Waals surface area contributed by atoms with Crippen molar-refractivity contribution >= 4 is 17.5 Å². The van der Waals surface area contributed by atoms with Crippen molar-refractivity contribution < 1.29 is 9.18 Å². The van der Waals surface area contributed by atoms with Gasteiger partial charge in [-0.1, -0.05) is 17.7 Å². The zero-order chi connectivity index (χ0) is 13.1. The monoisotopic (exact) mass is 266 g/mol. The molecule has 0 radical (unpaired) electrons. The van der Waals surface area contributed by atoms with Crippen LogP contribution in [0, 0.1) is 23.1 Å². The van der Waals surface area contributed by atoms with Crippen molar-refractivity contribution in [3.05, 3.63) is 34.6 Å². The summed E-state index contributed by atoms with van der Waals surface area (Å²) in [6.45, 7) is 0.978. The molecule has 1 fully saturated rings. The smallest absolute Gasteiger partial charge is 0.255 e. The second-order valence-electron chi connectivity index (χ2n) is 4.32. The number of hydrogen-bond donors (Lipinski definition) is 0. The van der Waals surface area contributed by atoms with E-state index in [-0.39, 0.29) is 22.4 Å². The molecule has 94 valence electrons. The number of nitrogens with zero attached hydrogens (tertiary/aromatic N) is 2. The lowest BCUT2D eigenvalue weighted by Gasteiger charge is -2.29. The fourth-order valence-corrected chi connectivity index (χ4v) is 2.31. The number of amides is 1. The van der Waals surface area contributed by atoms with E-state index >= 15 is 0 Å². The maximum absolute atomic E-state index is 13.3. The summed E-state index contributed by atoms with van der Waals surface area (Å²) in [5, 5.41) is 8.73. The maximum atomic E-state index is 13.3. The van der Waals surface area contributed by atoms with Gasteiger partial charge in [0.1, 0.15) is 5.82 Å². The Balaban J connectivity index is 2.21. The SMILES string of the molecule is N#CC1CCCN(C(=O)c2cccc(F)c2Cl)C1. The van der Waals surface area contributed by atoms with E-state index in [0.717, 1.165) is 12.8 Å². The molecule has 1 atom stereocenters. The van der Waals surface area contributed by atoms with Gasteiger partial charge in [-0.05, 0) is 25.0 Å². The molecule has 18 heavy (non-hydrogen) atoms. The van der Waals surface area contributed by atoms with Crippen LogP contribution >= 0.6 is 11.6 Å². The highest BCUT2D eigenvalue weighted by molar-refractivity contribution is 6.34. The van der Waals surface area contributed by atoms with Gasteiger partial charge in [-0.3, -0.25) is 4.79 Å². The van der Waals surface area contributed by atoms with Crippen molar-refractivity contribution in [1.82, 2.24) is 4.90 Å². The number of nitriles is 1. The predicted octanol–water partition coefficient (Wildman–Crippen LogP) is 2.85. The minimum absolute atomic E-state index is 0.143. The summed E-state index contributed by atoms with van der Waals surface area (Å²) < 4.78 is 13.3. The standard InChI is InChI=1S/C13H12ClFN2O/c14-12-10(4-1-5-11(12)15)13(18)17-6-2-3-9(7-16)8-17/h1,4-5,9H,2-3,6,8H2. The van der Waals surface area contributed by atoms with E-state index in [1.54, 1.807) is 4.90 Å². The van der Waals surface area contributed by atoms with Gasteiger partial charge in [0.15, 0.2) is 0 Å². The van der Waals surface area contributed by atoms with Crippen LogP contribution in [0.25, 0.3) is 0 Å². The summed E-state index contributed by atoms with van der Waals surface area (Å²) in [5.41, 5.74) is 0.162. The van der Waals surface area contributed by atoms with E-state index < -0.39 is 5.82 Å². The van der Waals surface area contributed by atoms with E-state index in [4.69, 9.17) is 16.9 Å². The van der Waals surface area contributed by atoms with Gasteiger partial charge >= 0.3 is 0 Å². The Morgan fingerprint density at radius 3 is 3.06 bits per heavy atom. The first kappa shape index (κ1) is 12.8. The fraction of sp³-hybridized carbons (Fsp3) is 0.385. The molecule has 5 heteroatoms. The van der Waals surface area contributed by atoms with Crippen molar-refractivity contribution in [1.29, 1.82) is 5.26 Å². The van der Waals surface area contributed by atoms with Crippen LogP contribution in [-0.4, -0.2) is 23.9 Å². The number of hydrogen-bond acceptors (Lipinski definition) is 2. The fourth-order valence-electron chi connectivity index (χ4n) is 2.11. The molecule has 3 nitrogen and oxygen atoms in total. The molecular weight excluding hydrogens is 255 g/mol. The van der Waals surface area contributed by atoms with E-state index in [0.29, 0.717) is 13.1 Å². The van der Waals surface area contributed by atoms with Gasteiger partial charge < -0.3 is 4.90 Å². The number of rotatable bonds is 1. The summed E-state index contributed by atoms with van der Waals surface area (Å²) in [7, 11) is 0. The molecule has 1 unspecified atom stereocenters. The van der Waals surface area contributed by atoms with Crippen LogP contribution in [-0.2, 0) is 0 Å². The van der Waals surface area contributed by atoms with Crippen LogP contribution < -0.4 is 0 Å². The molecule has 0 aliphatic carbocycles. The number of benzene rings is 1. The minimum atomic E-state index is -0.601. The molecule has 0 spiro atoms. The molecule has 1 aromatic rings. The molecule has 2 rings (SSSR count). The quantitative estimate of drug-likeness (QED) is 0.784. The van der Waals surface area contributed by atoms with E-state index in [2.05, 4.69) is 6.07 Å². The molecule has 0 aromatic heterocycles. The number of carbonyl (C=O) groups excluding carboxylic acids is 1. The number of piperidine rings is 1. The summed E-state index contributed by atoms with van der Waals surface area (Å²) in [4.78, 5) is 13.8. The Kier molecular flexibility index (Phi) is 3.83. The Hall–Kier alpha value is -1.60. The predicted molar refractivity (Wildman–Crippen MR) is 65.7 cm³/mol. The lowest BCUT2D eigenvalue weighted by atomic mass is 9.99. The lowest BCUT2D eigenvalue weighted by molar-refractivity contribution is 0.0698. The number of likely N-dealkylation sites (tertiary alicyclic amines) is 1. The molecule has 0 bridgehead atoms. The second-order valence-corrected chi connectivity index (χ2v) is 4.70. The highest BCUT2D eigenvalue weighted by Crippen LogP contribution is 2.24. The second kappa shape index (κ2) is 5.36. The third-order valence-electron chi connectivity index (χ3n) is 3.07. The molecule has 1 amide bonds. The van der Waals surface area contributed by atoms with Gasteiger partial charge in [0.2, 0.25) is 0 Å². The molecule has 0 N–H and O–H groups in total. The van der Waals surface area contributed by atoms with E-state index in [9.17, 15) is 9.18 Å². The largest absolute Gasteiger partial charge is 0.337 e. The average Bonchev–Trinajstić information content (AvgIpc) is 2.41. The normalized spacial score (nSPS) is 19.4. The third kappa shape index (κ3) is 2.46. The van der Waals surface area contributed by atoms with Crippen LogP contribution in [0.3, 0.4) is 0 Å². The van der Waals surface area contributed by atoms with E-state index in [1.807, 2.05) is 0 Å². The van der Waals surface area contributed by atoms with Crippen molar-refractivity contribution in [2.45, 2.75) is 12.8 Å². The highest BCUT2D eigenvalue weighted by Gasteiger charge is 2.26. The van der Waals surface area contributed by atoms with Gasteiger partial charge in [-0.15, -0.1) is 0 Å². The summed E-state index contributed by atoms with van der Waals surface area (Å²) in [6, 6.07) is 6.34. The van der Waals surface area contributed by atoms with Crippen LogP contribution in [0.2, 0.25) is 5.02 Å². The Morgan fingerprint density at radius 2 is 2.33 bits per heavy atom. The van der Waals surface area contributed by atoms with Crippen molar-refractivity contribution in [3.63, 3.8) is 0 Å². The van der Waals surface area contributed by atoms with Crippen LogP contribution in [0.5, 0.6) is 0 Å². The van der Waals surface area contributed by atoms with Crippen LogP contribution in [0.15, 0.2) is 18.2 Å². The lowest BCUT2D eigenvalue weighted by Crippen LogP contribution is -2.39. The maximum Gasteiger partial charge on any atom is 0.255 e. The van der Waals surface area contributed by atoms with Gasteiger partial charge in [0.05, 0.1) is 22.6 Å². The third-order valence-corrected chi connectivity index (χ3v) is 3.46. The first-order chi connectivity index (χ1) is 8.63. The summed E-state index contributed by atoms with van der Waals surface area (Å²) in [6.07, 6.45) is 1.59. The molecular formula is C13H12ClFN2O. The highest BCUT2D eigenvalue weighted by atomic mass is 35.5. The van der Waals surface area contributed by atoms with Gasteiger partial charge in [0, 0.05) is 13.1 Å². The molecule has 1 aliphatic heterocycles. The Morgan fingerprint density at radius 1 is 1.56 bits per heavy atom. The topological polar surface area (TPSA) is 44.1 Å². The molecule has 1 heterocycles. The Bertz CT molecular complexity index is 512. The molecule has 0 saturated carbocycles. The van der Waals surface area contributed by atoms with Gasteiger partial charge in [-0.25, -0.2) is 4.39 Å². The van der Waals surface area contributed by atoms with Crippen molar-refractivity contribution in [2.24, 2.45) is 5.92 Å². The van der Waals surface area contributed by atoms with Crippen molar-refractivity contribution in [3.8, 4) is 6.07 Å². The molecule has 1 aromatic carbocycles. The zero-order valence-electron chi connectivity index (χ0n) is 9.70. The molecule has 1 saturated heterocycles. The van der Waals surface area contributed by atoms with Crippen LogP contribution in [0.1, 0.15) is 23.2 Å². The molecule has 1 aliphatic rings. The first-order valence-electron chi connectivity index (χ1n) is 5.76. The minimum Gasteiger partial charge on any atom is -0.337 e. The number of halogens is 2. The summed E-state index contributed by atoms with van der Waals surface area (Å²) in [5.74, 6) is -1.05. The first-order valence-corrected chi connectivity index (χ1v) is 6.14. The summed E-state index contributed by atoms with van der Waals surface area (Å²) >= 11 is 5.79. The zero-order valence-corrected chi connectivity index (χ0v) is 10.5. The Labute approximate surface area is 110 Å². The van der Waals surface area contributed by atoms with Crippen LogP contribution in [0.4, 0.5) is 4.39 Å². The van der Waals surface area contributed by atoms with Gasteiger partial charge in [-0.2, -0.15) is 5.26 Å². The van der Waals surface area contributed by atoms with Gasteiger partial charge in [0.25, 0.3) is 5.91 Å². The average molecular weight is 267 g/mol.